The number of aryl methyl sites for hydroxylation is 1. The summed E-state index contributed by atoms with van der Waals surface area (Å²) in [7, 11) is 0. The number of para-hydroxylation sites is 1. The zero-order valence-electron chi connectivity index (χ0n) is 23.9. The van der Waals surface area contributed by atoms with E-state index in [9.17, 15) is 14.4 Å². The van der Waals surface area contributed by atoms with Crippen molar-refractivity contribution in [3.63, 3.8) is 0 Å². The fraction of sp³-hybridized carbons (Fsp3) is 0.344. The molecule has 0 unspecified atom stereocenters. The molecule has 42 heavy (non-hydrogen) atoms. The number of nitrogens with zero attached hydrogens (tertiary/aromatic N) is 4. The summed E-state index contributed by atoms with van der Waals surface area (Å²) in [5.41, 5.74) is 1.88. The summed E-state index contributed by atoms with van der Waals surface area (Å²) >= 11 is 0. The molecule has 1 saturated carbocycles. The minimum atomic E-state index is -0.469. The second kappa shape index (κ2) is 11.3. The number of rotatable bonds is 6. The Morgan fingerprint density at radius 1 is 0.905 bits per heavy atom. The number of urea groups is 1. The number of benzene rings is 1. The molecule has 1 saturated heterocycles. The van der Waals surface area contributed by atoms with E-state index in [2.05, 4.69) is 20.6 Å². The quantitative estimate of drug-likeness (QED) is 0.363. The first-order valence-corrected chi connectivity index (χ1v) is 14.5. The van der Waals surface area contributed by atoms with Gasteiger partial charge in [0.05, 0.1) is 11.2 Å². The lowest BCUT2D eigenvalue weighted by Crippen LogP contribution is -2.46. The van der Waals surface area contributed by atoms with Gasteiger partial charge in [0.15, 0.2) is 0 Å². The highest BCUT2D eigenvalue weighted by Gasteiger charge is 2.53. The normalized spacial score (nSPS) is 17.7. The number of likely N-dealkylation sites (tertiary alicyclic amines) is 1. The summed E-state index contributed by atoms with van der Waals surface area (Å²) < 4.78 is 6.03. The van der Waals surface area contributed by atoms with E-state index in [1.807, 2.05) is 42.2 Å². The lowest BCUT2D eigenvalue weighted by molar-refractivity contribution is -0.119. The maximum absolute atomic E-state index is 13.7. The predicted molar refractivity (Wildman–Crippen MR) is 160 cm³/mol. The van der Waals surface area contributed by atoms with Crippen molar-refractivity contribution >= 4 is 35.2 Å². The van der Waals surface area contributed by atoms with E-state index in [0.717, 1.165) is 62.9 Å². The molecule has 2 aromatic heterocycles. The number of carbonyl (C=O) groups excluding carboxylic acids is 3. The molecule has 10 nitrogen and oxygen atoms in total. The van der Waals surface area contributed by atoms with E-state index in [4.69, 9.17) is 4.74 Å². The summed E-state index contributed by atoms with van der Waals surface area (Å²) in [5, 5.41) is 5.66. The molecular formula is C32H34N6O4. The van der Waals surface area contributed by atoms with Crippen LogP contribution in [0.25, 0.3) is 0 Å². The van der Waals surface area contributed by atoms with Crippen molar-refractivity contribution < 1.29 is 19.1 Å². The van der Waals surface area contributed by atoms with E-state index in [-0.39, 0.29) is 17.5 Å². The standard InChI is InChI=1S/C32H34N6O4/c1-21-28(30(40)38(23-10-4-3-5-11-23)32(21)15-6-7-16-32)29(39)35-26-13-12-25(22(2)34-26)42-24-14-17-33-27(20-24)36-31(41)37-18-8-9-19-37/h3-5,10-14,17,20H,6-9,15-16,18-19H2,1-2H3,(H,33,36,41)(H,34,35,39). The van der Waals surface area contributed by atoms with E-state index < -0.39 is 11.4 Å². The monoisotopic (exact) mass is 566 g/mol. The second-order valence-electron chi connectivity index (χ2n) is 11.1. The Morgan fingerprint density at radius 3 is 2.36 bits per heavy atom. The molecule has 4 heterocycles. The fourth-order valence-corrected chi connectivity index (χ4v) is 6.32. The molecule has 2 N–H and O–H groups in total. The minimum absolute atomic E-state index is 0.174. The Labute approximate surface area is 244 Å². The summed E-state index contributed by atoms with van der Waals surface area (Å²) in [6.45, 7) is 5.17. The molecule has 0 radical (unpaired) electrons. The molecule has 3 aromatic rings. The van der Waals surface area contributed by atoms with Crippen LogP contribution in [0, 0.1) is 6.92 Å². The molecule has 1 spiro atoms. The van der Waals surface area contributed by atoms with Crippen LogP contribution in [-0.4, -0.2) is 51.3 Å². The Morgan fingerprint density at radius 2 is 1.64 bits per heavy atom. The van der Waals surface area contributed by atoms with Crippen LogP contribution < -0.4 is 20.3 Å². The van der Waals surface area contributed by atoms with Gasteiger partial charge in [-0.05, 0) is 75.4 Å². The van der Waals surface area contributed by atoms with Gasteiger partial charge in [-0.1, -0.05) is 31.0 Å². The Balaban J connectivity index is 1.16. The number of carbonyl (C=O) groups is 3. The maximum Gasteiger partial charge on any atom is 0.323 e. The van der Waals surface area contributed by atoms with Crippen LogP contribution in [0.5, 0.6) is 11.5 Å². The number of anilines is 3. The first kappa shape index (κ1) is 27.4. The summed E-state index contributed by atoms with van der Waals surface area (Å²) in [5.74, 6) is 0.959. The first-order chi connectivity index (χ1) is 20.4. The molecule has 0 bridgehead atoms. The Hall–Kier alpha value is -4.73. The second-order valence-corrected chi connectivity index (χ2v) is 11.1. The predicted octanol–water partition coefficient (Wildman–Crippen LogP) is 5.82. The van der Waals surface area contributed by atoms with Gasteiger partial charge < -0.3 is 15.0 Å². The third-order valence-corrected chi connectivity index (χ3v) is 8.46. The Bertz CT molecular complexity index is 1560. The topological polar surface area (TPSA) is 117 Å². The number of pyridine rings is 2. The summed E-state index contributed by atoms with van der Waals surface area (Å²) in [6, 6.07) is 16.1. The molecule has 2 aliphatic heterocycles. The average Bonchev–Trinajstić information content (AvgIpc) is 3.73. The first-order valence-electron chi connectivity index (χ1n) is 14.5. The smallest absolute Gasteiger partial charge is 0.323 e. The SMILES string of the molecule is CC1=C(C(=O)Nc2ccc(Oc3ccnc(NC(=O)N4CCCC4)c3)c(C)n2)C(=O)N(c2ccccc2)C12CCCC2. The van der Waals surface area contributed by atoms with Crippen molar-refractivity contribution in [2.75, 3.05) is 28.6 Å². The van der Waals surface area contributed by atoms with Gasteiger partial charge in [-0.2, -0.15) is 0 Å². The third-order valence-electron chi connectivity index (χ3n) is 8.46. The number of hydrogen-bond donors (Lipinski definition) is 2. The van der Waals surface area contributed by atoms with E-state index in [1.165, 1.54) is 0 Å². The molecule has 4 amide bonds. The third kappa shape index (κ3) is 5.08. The van der Waals surface area contributed by atoms with Crippen LogP contribution in [0.15, 0.2) is 71.9 Å². The van der Waals surface area contributed by atoms with Gasteiger partial charge in [0, 0.05) is 31.0 Å². The van der Waals surface area contributed by atoms with Gasteiger partial charge in [-0.25, -0.2) is 14.8 Å². The summed E-state index contributed by atoms with van der Waals surface area (Å²) in [4.78, 5) is 52.0. The highest BCUT2D eigenvalue weighted by Crippen LogP contribution is 2.49. The molecular weight excluding hydrogens is 532 g/mol. The van der Waals surface area contributed by atoms with Crippen molar-refractivity contribution in [3.8, 4) is 11.5 Å². The molecule has 0 atom stereocenters. The number of hydrogen-bond acceptors (Lipinski definition) is 6. The minimum Gasteiger partial charge on any atom is -0.455 e. The number of aromatic nitrogens is 2. The van der Waals surface area contributed by atoms with Gasteiger partial charge in [-0.15, -0.1) is 0 Å². The maximum atomic E-state index is 13.7. The molecule has 2 fully saturated rings. The largest absolute Gasteiger partial charge is 0.455 e. The zero-order valence-corrected chi connectivity index (χ0v) is 23.9. The lowest BCUT2D eigenvalue weighted by Gasteiger charge is -2.37. The fourth-order valence-electron chi connectivity index (χ4n) is 6.32. The van der Waals surface area contributed by atoms with Gasteiger partial charge in [-0.3, -0.25) is 19.8 Å². The molecule has 1 aromatic carbocycles. The van der Waals surface area contributed by atoms with Gasteiger partial charge in [0.1, 0.15) is 28.7 Å². The summed E-state index contributed by atoms with van der Waals surface area (Å²) in [6.07, 6.45) is 7.26. The highest BCUT2D eigenvalue weighted by atomic mass is 16.5. The van der Waals surface area contributed by atoms with E-state index in [0.29, 0.717) is 28.8 Å². The average molecular weight is 567 g/mol. The van der Waals surface area contributed by atoms with E-state index >= 15 is 0 Å². The molecule has 216 valence electrons. The molecule has 10 heteroatoms. The zero-order chi connectivity index (χ0) is 29.3. The van der Waals surface area contributed by atoms with Gasteiger partial charge in [0.25, 0.3) is 11.8 Å². The van der Waals surface area contributed by atoms with Crippen LogP contribution in [0.3, 0.4) is 0 Å². The van der Waals surface area contributed by atoms with Gasteiger partial charge in [0.2, 0.25) is 0 Å². The Kier molecular flexibility index (Phi) is 7.36. The van der Waals surface area contributed by atoms with Crippen molar-refractivity contribution in [2.24, 2.45) is 0 Å². The van der Waals surface area contributed by atoms with Gasteiger partial charge >= 0.3 is 6.03 Å². The van der Waals surface area contributed by atoms with Crippen LogP contribution in [0.2, 0.25) is 0 Å². The highest BCUT2D eigenvalue weighted by molar-refractivity contribution is 6.30. The van der Waals surface area contributed by atoms with Crippen molar-refractivity contribution in [1.82, 2.24) is 14.9 Å². The molecule has 3 aliphatic rings. The number of amides is 4. The van der Waals surface area contributed by atoms with Crippen LogP contribution in [0.1, 0.15) is 51.1 Å². The number of nitrogens with one attached hydrogen (secondary N) is 2. The molecule has 1 aliphatic carbocycles. The van der Waals surface area contributed by atoms with E-state index in [1.54, 1.807) is 42.3 Å². The lowest BCUT2D eigenvalue weighted by atomic mass is 9.88. The van der Waals surface area contributed by atoms with Crippen molar-refractivity contribution in [2.45, 2.75) is 57.9 Å². The van der Waals surface area contributed by atoms with Crippen LogP contribution in [0.4, 0.5) is 22.1 Å². The number of ether oxygens (including phenoxy) is 1. The molecule has 6 rings (SSSR count). The van der Waals surface area contributed by atoms with Crippen LogP contribution in [-0.2, 0) is 9.59 Å². The van der Waals surface area contributed by atoms with Crippen molar-refractivity contribution in [1.29, 1.82) is 0 Å². The van der Waals surface area contributed by atoms with Crippen molar-refractivity contribution in [3.05, 3.63) is 77.6 Å². The van der Waals surface area contributed by atoms with Crippen LogP contribution >= 0.6 is 0 Å².